The third-order valence-electron chi connectivity index (χ3n) is 4.58. The lowest BCUT2D eigenvalue weighted by Crippen LogP contribution is -2.45. The summed E-state index contributed by atoms with van der Waals surface area (Å²) in [5.41, 5.74) is 0.949. The number of benzene rings is 1. The first-order valence-corrected chi connectivity index (χ1v) is 9.72. The summed E-state index contributed by atoms with van der Waals surface area (Å²) in [6.45, 7) is 2.45. The van der Waals surface area contributed by atoms with Gasteiger partial charge in [-0.15, -0.1) is 11.3 Å². The monoisotopic (exact) mass is 378 g/mol. The largest absolute Gasteiger partial charge is 0.496 e. The Balaban J connectivity index is 1.46. The van der Waals surface area contributed by atoms with Crippen LogP contribution in [0.15, 0.2) is 36.4 Å². The van der Waals surface area contributed by atoms with Crippen molar-refractivity contribution >= 4 is 28.8 Å². The smallest absolute Gasteiger partial charge is 0.227 e. The van der Waals surface area contributed by atoms with Crippen molar-refractivity contribution in [1.82, 2.24) is 10.2 Å². The maximum atomic E-state index is 12.6. The molecule has 1 saturated heterocycles. The molecule has 0 aliphatic carbocycles. The molecular formula is C19H23ClN2O2S. The molecular weight excluding hydrogens is 356 g/mol. The number of ether oxygens (including phenoxy) is 1. The second-order valence-electron chi connectivity index (χ2n) is 6.23. The van der Waals surface area contributed by atoms with E-state index in [2.05, 4.69) is 11.4 Å². The van der Waals surface area contributed by atoms with Gasteiger partial charge in [-0.25, -0.2) is 0 Å². The molecule has 2 heterocycles. The van der Waals surface area contributed by atoms with Gasteiger partial charge in [-0.1, -0.05) is 29.8 Å². The van der Waals surface area contributed by atoms with Crippen LogP contribution in [0.5, 0.6) is 5.75 Å². The van der Waals surface area contributed by atoms with E-state index >= 15 is 0 Å². The number of nitrogens with one attached hydrogen (secondary N) is 1. The lowest BCUT2D eigenvalue weighted by molar-refractivity contribution is -0.131. The molecule has 1 aliphatic heterocycles. The van der Waals surface area contributed by atoms with Crippen LogP contribution in [0.2, 0.25) is 4.34 Å². The van der Waals surface area contributed by atoms with Crippen LogP contribution in [-0.2, 0) is 17.8 Å². The van der Waals surface area contributed by atoms with Crippen LogP contribution in [-0.4, -0.2) is 37.0 Å². The number of piperidine rings is 1. The molecule has 0 atom stereocenters. The van der Waals surface area contributed by atoms with Crippen LogP contribution in [0, 0.1) is 0 Å². The molecule has 0 unspecified atom stereocenters. The molecule has 2 aromatic rings. The number of likely N-dealkylation sites (tertiary alicyclic amines) is 1. The second-order valence-corrected chi connectivity index (χ2v) is 8.03. The standard InChI is InChI=1S/C19H23ClN2O2S/c1-24-17-5-3-2-4-14(17)12-19(23)22-10-8-15(9-11-22)21-13-16-6-7-18(20)25-16/h2-7,15,21H,8-13H2,1H3. The Hall–Kier alpha value is -1.56. The van der Waals surface area contributed by atoms with Crippen LogP contribution in [0.4, 0.5) is 0 Å². The van der Waals surface area contributed by atoms with Crippen molar-refractivity contribution in [3.63, 3.8) is 0 Å². The number of para-hydroxylation sites is 1. The summed E-state index contributed by atoms with van der Waals surface area (Å²) in [7, 11) is 1.64. The van der Waals surface area contributed by atoms with Gasteiger partial charge in [0.2, 0.25) is 5.91 Å². The van der Waals surface area contributed by atoms with Crippen LogP contribution >= 0.6 is 22.9 Å². The van der Waals surface area contributed by atoms with Gasteiger partial charge in [-0.3, -0.25) is 4.79 Å². The summed E-state index contributed by atoms with van der Waals surface area (Å²) in [6, 6.07) is 12.2. The van der Waals surface area contributed by atoms with Crippen molar-refractivity contribution in [3.8, 4) is 5.75 Å². The minimum absolute atomic E-state index is 0.174. The lowest BCUT2D eigenvalue weighted by Gasteiger charge is -2.32. The zero-order chi connectivity index (χ0) is 17.6. The SMILES string of the molecule is COc1ccccc1CC(=O)N1CCC(NCc2ccc(Cl)s2)CC1. The zero-order valence-corrected chi connectivity index (χ0v) is 15.9. The Morgan fingerprint density at radius 3 is 2.72 bits per heavy atom. The molecule has 25 heavy (non-hydrogen) atoms. The molecule has 0 saturated carbocycles. The third kappa shape index (κ3) is 4.97. The number of carbonyl (C=O) groups is 1. The molecule has 6 heteroatoms. The predicted molar refractivity (Wildman–Crippen MR) is 102 cm³/mol. The third-order valence-corrected chi connectivity index (χ3v) is 5.81. The Morgan fingerprint density at radius 1 is 1.28 bits per heavy atom. The van der Waals surface area contributed by atoms with Crippen LogP contribution in [0.1, 0.15) is 23.3 Å². The van der Waals surface area contributed by atoms with Gasteiger partial charge in [0.05, 0.1) is 17.9 Å². The molecule has 1 N–H and O–H groups in total. The van der Waals surface area contributed by atoms with Crippen molar-refractivity contribution in [3.05, 3.63) is 51.2 Å². The Kier molecular flexibility index (Phi) is 6.34. The number of amides is 1. The lowest BCUT2D eigenvalue weighted by atomic mass is 10.0. The minimum Gasteiger partial charge on any atom is -0.496 e. The van der Waals surface area contributed by atoms with Crippen molar-refractivity contribution in [2.24, 2.45) is 0 Å². The summed E-state index contributed by atoms with van der Waals surface area (Å²) < 4.78 is 6.16. The van der Waals surface area contributed by atoms with Crippen molar-refractivity contribution in [1.29, 1.82) is 0 Å². The molecule has 134 valence electrons. The van der Waals surface area contributed by atoms with E-state index < -0.39 is 0 Å². The predicted octanol–water partition coefficient (Wildman–Crippen LogP) is 3.73. The van der Waals surface area contributed by atoms with E-state index in [9.17, 15) is 4.79 Å². The fourth-order valence-corrected chi connectivity index (χ4v) is 4.19. The van der Waals surface area contributed by atoms with E-state index in [0.717, 1.165) is 48.1 Å². The molecule has 1 aromatic heterocycles. The zero-order valence-electron chi connectivity index (χ0n) is 14.3. The van der Waals surface area contributed by atoms with E-state index in [1.165, 1.54) is 4.88 Å². The van der Waals surface area contributed by atoms with Gasteiger partial charge in [0.15, 0.2) is 0 Å². The fourth-order valence-electron chi connectivity index (χ4n) is 3.15. The highest BCUT2D eigenvalue weighted by molar-refractivity contribution is 7.16. The van der Waals surface area contributed by atoms with Gasteiger partial charge in [-0.2, -0.15) is 0 Å². The van der Waals surface area contributed by atoms with E-state index in [1.54, 1.807) is 18.4 Å². The summed E-state index contributed by atoms with van der Waals surface area (Å²) in [5, 5.41) is 3.57. The highest BCUT2D eigenvalue weighted by atomic mass is 35.5. The number of thiophene rings is 1. The molecule has 1 fully saturated rings. The molecule has 3 rings (SSSR count). The van der Waals surface area contributed by atoms with Crippen LogP contribution in [0.25, 0.3) is 0 Å². The van der Waals surface area contributed by atoms with Crippen LogP contribution < -0.4 is 10.1 Å². The molecule has 0 radical (unpaired) electrons. The van der Waals surface area contributed by atoms with Crippen molar-refractivity contribution in [2.45, 2.75) is 31.8 Å². The van der Waals surface area contributed by atoms with E-state index in [4.69, 9.17) is 16.3 Å². The molecule has 0 spiro atoms. The highest BCUT2D eigenvalue weighted by Crippen LogP contribution is 2.22. The number of rotatable bonds is 6. The Morgan fingerprint density at radius 2 is 2.04 bits per heavy atom. The summed E-state index contributed by atoms with van der Waals surface area (Å²) >= 11 is 7.57. The Bertz CT molecular complexity index is 711. The van der Waals surface area contributed by atoms with E-state index in [1.807, 2.05) is 35.2 Å². The van der Waals surface area contributed by atoms with E-state index in [0.29, 0.717) is 12.5 Å². The number of nitrogens with zero attached hydrogens (tertiary/aromatic N) is 1. The number of carbonyl (C=O) groups excluding carboxylic acids is 1. The molecule has 1 aliphatic rings. The average Bonchev–Trinajstić information content (AvgIpc) is 3.06. The van der Waals surface area contributed by atoms with Gasteiger partial charge in [0, 0.05) is 36.1 Å². The number of methoxy groups -OCH3 is 1. The molecule has 4 nitrogen and oxygen atoms in total. The van der Waals surface area contributed by atoms with Gasteiger partial charge in [0.1, 0.15) is 5.75 Å². The number of hydrogen-bond donors (Lipinski definition) is 1. The van der Waals surface area contributed by atoms with Crippen molar-refractivity contribution < 1.29 is 9.53 Å². The summed E-state index contributed by atoms with van der Waals surface area (Å²) in [5.74, 6) is 0.954. The van der Waals surface area contributed by atoms with Gasteiger partial charge in [0.25, 0.3) is 0 Å². The normalized spacial score (nSPS) is 15.4. The van der Waals surface area contributed by atoms with Crippen molar-refractivity contribution in [2.75, 3.05) is 20.2 Å². The second kappa shape index (κ2) is 8.70. The van der Waals surface area contributed by atoms with Gasteiger partial charge < -0.3 is 15.0 Å². The highest BCUT2D eigenvalue weighted by Gasteiger charge is 2.23. The maximum Gasteiger partial charge on any atom is 0.227 e. The summed E-state index contributed by atoms with van der Waals surface area (Å²) in [4.78, 5) is 15.8. The first-order valence-electron chi connectivity index (χ1n) is 8.53. The maximum absolute atomic E-state index is 12.6. The average molecular weight is 379 g/mol. The van der Waals surface area contributed by atoms with Gasteiger partial charge in [-0.05, 0) is 31.0 Å². The van der Waals surface area contributed by atoms with Crippen LogP contribution in [0.3, 0.4) is 0 Å². The van der Waals surface area contributed by atoms with E-state index in [-0.39, 0.29) is 5.91 Å². The fraction of sp³-hybridized carbons (Fsp3) is 0.421. The summed E-state index contributed by atoms with van der Waals surface area (Å²) in [6.07, 6.45) is 2.36. The molecule has 0 bridgehead atoms. The van der Waals surface area contributed by atoms with Gasteiger partial charge >= 0.3 is 0 Å². The first-order chi connectivity index (χ1) is 12.2. The molecule has 1 amide bonds. The number of halogens is 1. The molecule has 1 aromatic carbocycles. The number of hydrogen-bond acceptors (Lipinski definition) is 4. The minimum atomic E-state index is 0.174. The topological polar surface area (TPSA) is 41.6 Å². The Labute approximate surface area is 157 Å². The first kappa shape index (κ1) is 18.2. The quantitative estimate of drug-likeness (QED) is 0.832.